The van der Waals surface area contributed by atoms with E-state index in [1.54, 1.807) is 29.5 Å². The van der Waals surface area contributed by atoms with Gasteiger partial charge in [-0.3, -0.25) is 9.78 Å². The van der Waals surface area contributed by atoms with E-state index in [-0.39, 0.29) is 11.0 Å². The Kier molecular flexibility index (Phi) is 4.83. The lowest BCUT2D eigenvalue weighted by Gasteiger charge is -2.33. The molecule has 0 unspecified atom stereocenters. The third kappa shape index (κ3) is 3.74. The van der Waals surface area contributed by atoms with Gasteiger partial charge < -0.3 is 4.90 Å². The molecule has 7 nitrogen and oxygen atoms in total. The third-order valence-corrected chi connectivity index (χ3v) is 5.40. The summed E-state index contributed by atoms with van der Waals surface area (Å²) in [4.78, 5) is 27.5. The first kappa shape index (κ1) is 18.5. The Labute approximate surface area is 164 Å². The second-order valence-corrected chi connectivity index (χ2v) is 8.51. The minimum Gasteiger partial charge on any atom is -0.356 e. The Hall–Kier alpha value is -2.83. The van der Waals surface area contributed by atoms with E-state index in [0.29, 0.717) is 12.5 Å². The first-order valence-electron chi connectivity index (χ1n) is 9.80. The Morgan fingerprint density at radius 3 is 2.64 bits per heavy atom. The van der Waals surface area contributed by atoms with E-state index < -0.39 is 0 Å². The molecule has 4 rings (SSSR count). The van der Waals surface area contributed by atoms with Crippen LogP contribution >= 0.6 is 0 Å². The molecule has 1 saturated heterocycles. The topological polar surface area (TPSA) is 76.8 Å². The van der Waals surface area contributed by atoms with Gasteiger partial charge in [0.25, 0.3) is 5.56 Å². The molecular formula is C21H26N6O. The molecule has 0 saturated carbocycles. The first-order chi connectivity index (χ1) is 13.4. The van der Waals surface area contributed by atoms with Crippen LogP contribution in [0.15, 0.2) is 41.7 Å². The molecule has 146 valence electrons. The van der Waals surface area contributed by atoms with E-state index >= 15 is 0 Å². The quantitative estimate of drug-likeness (QED) is 0.697. The standard InChI is InChI=1S/C21H26N6O/c1-21(2,3)18-4-5-19(28)27(25-18)13-15-7-10-26(11-8-15)20-16-6-9-22-12-17(16)23-14-24-20/h4-6,9,12,14-15H,7-8,10-11,13H2,1-3H3. The number of nitrogens with zero attached hydrogens (tertiary/aromatic N) is 6. The molecule has 0 N–H and O–H groups in total. The van der Waals surface area contributed by atoms with Crippen LogP contribution in [0.4, 0.5) is 5.82 Å². The molecule has 1 aliphatic rings. The van der Waals surface area contributed by atoms with E-state index in [1.165, 1.54) is 0 Å². The zero-order valence-electron chi connectivity index (χ0n) is 16.7. The SMILES string of the molecule is CC(C)(C)c1ccc(=O)n(CC2CCN(c3ncnc4cnccc34)CC2)n1. The second kappa shape index (κ2) is 7.30. The lowest BCUT2D eigenvalue weighted by Crippen LogP contribution is -2.37. The lowest BCUT2D eigenvalue weighted by molar-refractivity contribution is 0.330. The third-order valence-electron chi connectivity index (χ3n) is 5.40. The van der Waals surface area contributed by atoms with E-state index in [2.05, 4.69) is 45.7 Å². The van der Waals surface area contributed by atoms with Crippen molar-refractivity contribution in [2.75, 3.05) is 18.0 Å². The highest BCUT2D eigenvalue weighted by Crippen LogP contribution is 2.27. The second-order valence-electron chi connectivity index (χ2n) is 8.51. The molecule has 0 bridgehead atoms. The van der Waals surface area contributed by atoms with Gasteiger partial charge in [0, 0.05) is 42.7 Å². The molecular weight excluding hydrogens is 352 g/mol. The van der Waals surface area contributed by atoms with Gasteiger partial charge in [-0.25, -0.2) is 14.6 Å². The Balaban J connectivity index is 1.47. The van der Waals surface area contributed by atoms with Crippen molar-refractivity contribution < 1.29 is 0 Å². The van der Waals surface area contributed by atoms with Crippen molar-refractivity contribution in [1.29, 1.82) is 0 Å². The van der Waals surface area contributed by atoms with E-state index in [0.717, 1.165) is 48.3 Å². The molecule has 0 spiro atoms. The molecule has 3 aromatic rings. The fourth-order valence-electron chi connectivity index (χ4n) is 3.70. The summed E-state index contributed by atoms with van der Waals surface area (Å²) in [6.07, 6.45) is 7.16. The summed E-state index contributed by atoms with van der Waals surface area (Å²) in [7, 11) is 0. The Morgan fingerprint density at radius 2 is 1.89 bits per heavy atom. The summed E-state index contributed by atoms with van der Waals surface area (Å²) >= 11 is 0. The van der Waals surface area contributed by atoms with Crippen LogP contribution in [0.1, 0.15) is 39.3 Å². The average Bonchev–Trinajstić information content (AvgIpc) is 2.69. The van der Waals surface area contributed by atoms with Gasteiger partial charge in [0.15, 0.2) is 0 Å². The zero-order valence-corrected chi connectivity index (χ0v) is 16.7. The predicted molar refractivity (Wildman–Crippen MR) is 109 cm³/mol. The van der Waals surface area contributed by atoms with Gasteiger partial charge in [0.1, 0.15) is 12.1 Å². The van der Waals surface area contributed by atoms with Gasteiger partial charge in [-0.05, 0) is 30.9 Å². The minimum atomic E-state index is -0.0677. The average molecular weight is 378 g/mol. The molecule has 1 fully saturated rings. The minimum absolute atomic E-state index is 0.0234. The summed E-state index contributed by atoms with van der Waals surface area (Å²) in [6.45, 7) is 8.84. The fraction of sp³-hybridized carbons (Fsp3) is 0.476. The number of aromatic nitrogens is 5. The number of fused-ring (bicyclic) bond motifs is 1. The lowest BCUT2D eigenvalue weighted by atomic mass is 9.92. The van der Waals surface area contributed by atoms with Gasteiger partial charge in [-0.1, -0.05) is 20.8 Å². The molecule has 28 heavy (non-hydrogen) atoms. The van der Waals surface area contributed by atoms with E-state index in [9.17, 15) is 4.79 Å². The summed E-state index contributed by atoms with van der Waals surface area (Å²) < 4.78 is 1.65. The smallest absolute Gasteiger partial charge is 0.266 e. The van der Waals surface area contributed by atoms with Gasteiger partial charge in [-0.2, -0.15) is 5.10 Å². The molecule has 4 heterocycles. The molecule has 0 aromatic carbocycles. The van der Waals surface area contributed by atoms with Gasteiger partial charge >= 0.3 is 0 Å². The van der Waals surface area contributed by atoms with E-state index in [4.69, 9.17) is 0 Å². The molecule has 7 heteroatoms. The number of piperidine rings is 1. The highest BCUT2D eigenvalue weighted by atomic mass is 16.1. The Bertz CT molecular complexity index is 1030. The van der Waals surface area contributed by atoms with Crippen molar-refractivity contribution in [2.24, 2.45) is 5.92 Å². The van der Waals surface area contributed by atoms with Crippen LogP contribution < -0.4 is 10.5 Å². The van der Waals surface area contributed by atoms with Crippen LogP contribution in [0.2, 0.25) is 0 Å². The number of hydrogen-bond acceptors (Lipinski definition) is 6. The number of hydrogen-bond donors (Lipinski definition) is 0. The van der Waals surface area contributed by atoms with Gasteiger partial charge in [-0.15, -0.1) is 0 Å². The monoisotopic (exact) mass is 378 g/mol. The number of anilines is 1. The maximum Gasteiger partial charge on any atom is 0.266 e. The van der Waals surface area contributed by atoms with Crippen molar-refractivity contribution in [3.05, 3.63) is 53.0 Å². The van der Waals surface area contributed by atoms with Crippen LogP contribution in [0.5, 0.6) is 0 Å². The normalized spacial score (nSPS) is 15.9. The van der Waals surface area contributed by atoms with Crippen molar-refractivity contribution in [1.82, 2.24) is 24.7 Å². The number of rotatable bonds is 3. The van der Waals surface area contributed by atoms with Crippen LogP contribution in [0.3, 0.4) is 0 Å². The molecule has 1 aliphatic heterocycles. The van der Waals surface area contributed by atoms with Crippen LogP contribution in [0, 0.1) is 5.92 Å². The number of pyridine rings is 1. The van der Waals surface area contributed by atoms with Crippen molar-refractivity contribution >= 4 is 16.7 Å². The molecule has 0 aliphatic carbocycles. The largest absolute Gasteiger partial charge is 0.356 e. The van der Waals surface area contributed by atoms with Crippen molar-refractivity contribution in [3.8, 4) is 0 Å². The summed E-state index contributed by atoms with van der Waals surface area (Å²) in [5.41, 5.74) is 1.72. The predicted octanol–water partition coefficient (Wildman–Crippen LogP) is 2.80. The molecule has 0 amide bonds. The molecule has 0 radical (unpaired) electrons. The maximum absolute atomic E-state index is 12.3. The van der Waals surface area contributed by atoms with Crippen molar-refractivity contribution in [2.45, 2.75) is 45.6 Å². The molecule has 3 aromatic heterocycles. The summed E-state index contributed by atoms with van der Waals surface area (Å²) in [5, 5.41) is 5.65. The van der Waals surface area contributed by atoms with Crippen LogP contribution in [0.25, 0.3) is 10.9 Å². The molecule has 0 atom stereocenters. The van der Waals surface area contributed by atoms with Gasteiger partial charge in [0.05, 0.1) is 17.4 Å². The van der Waals surface area contributed by atoms with Crippen molar-refractivity contribution in [3.63, 3.8) is 0 Å². The highest BCUT2D eigenvalue weighted by molar-refractivity contribution is 5.88. The summed E-state index contributed by atoms with van der Waals surface area (Å²) in [5.74, 6) is 1.40. The Morgan fingerprint density at radius 1 is 1.11 bits per heavy atom. The van der Waals surface area contributed by atoms with Crippen LogP contribution in [-0.4, -0.2) is 37.8 Å². The van der Waals surface area contributed by atoms with E-state index in [1.807, 2.05) is 12.1 Å². The zero-order chi connectivity index (χ0) is 19.7. The fourth-order valence-corrected chi connectivity index (χ4v) is 3.70. The van der Waals surface area contributed by atoms with Crippen LogP contribution in [-0.2, 0) is 12.0 Å². The van der Waals surface area contributed by atoms with Gasteiger partial charge in [0.2, 0.25) is 0 Å². The highest BCUT2D eigenvalue weighted by Gasteiger charge is 2.23. The maximum atomic E-state index is 12.3. The first-order valence-corrected chi connectivity index (χ1v) is 9.80. The summed E-state index contributed by atoms with van der Waals surface area (Å²) in [6, 6.07) is 5.46.